The number of benzene rings is 1. The molecule has 2 aromatic rings. The van der Waals surface area contributed by atoms with Gasteiger partial charge in [0.15, 0.2) is 17.5 Å². The van der Waals surface area contributed by atoms with Gasteiger partial charge in [-0.1, -0.05) is 12.1 Å². The van der Waals surface area contributed by atoms with Crippen molar-refractivity contribution in [1.29, 1.82) is 0 Å². The van der Waals surface area contributed by atoms with Gasteiger partial charge in [-0.2, -0.15) is 0 Å². The Kier molecular flexibility index (Phi) is 6.93. The molecule has 5 nitrogen and oxygen atoms in total. The second kappa shape index (κ2) is 9.17. The van der Waals surface area contributed by atoms with Crippen LogP contribution in [0.4, 0.5) is 0 Å². The van der Waals surface area contributed by atoms with E-state index in [1.54, 1.807) is 30.6 Å². The molecule has 0 bridgehead atoms. The standard InChI is InChI=1S/C18H25N3O2S/c1-4-19-18(21(2)10-9-15-6-5-11-24-15)20-13-14-7-8-17(23-3)16(22)12-14/h5-8,11-12,22H,4,9-10,13H2,1-3H3,(H,19,20). The number of ether oxygens (including phenoxy) is 1. The normalized spacial score (nSPS) is 11.4. The number of methoxy groups -OCH3 is 1. The van der Waals surface area contributed by atoms with E-state index in [1.807, 2.05) is 13.1 Å². The fraction of sp³-hybridized carbons (Fsp3) is 0.389. The Morgan fingerprint density at radius 1 is 1.38 bits per heavy atom. The summed E-state index contributed by atoms with van der Waals surface area (Å²) in [6, 6.07) is 9.60. The van der Waals surface area contributed by atoms with Crippen molar-refractivity contribution in [3.05, 3.63) is 46.2 Å². The Hall–Kier alpha value is -2.21. The lowest BCUT2D eigenvalue weighted by Gasteiger charge is -2.21. The van der Waals surface area contributed by atoms with Crippen LogP contribution in [-0.4, -0.2) is 43.2 Å². The van der Waals surface area contributed by atoms with Crippen molar-refractivity contribution in [2.45, 2.75) is 19.9 Å². The van der Waals surface area contributed by atoms with Crippen LogP contribution in [0.1, 0.15) is 17.4 Å². The number of thiophene rings is 1. The number of nitrogens with one attached hydrogen (secondary N) is 1. The second-order valence-corrected chi connectivity index (χ2v) is 6.46. The Morgan fingerprint density at radius 3 is 2.83 bits per heavy atom. The van der Waals surface area contributed by atoms with Crippen LogP contribution >= 0.6 is 11.3 Å². The van der Waals surface area contributed by atoms with Crippen molar-refractivity contribution in [2.75, 3.05) is 27.2 Å². The minimum atomic E-state index is 0.140. The molecule has 0 aliphatic carbocycles. The molecule has 0 aliphatic rings. The molecule has 0 atom stereocenters. The average Bonchev–Trinajstić information content (AvgIpc) is 3.10. The summed E-state index contributed by atoms with van der Waals surface area (Å²) in [4.78, 5) is 8.17. The molecule has 0 radical (unpaired) electrons. The predicted octanol–water partition coefficient (Wildman–Crippen LogP) is 3.10. The Morgan fingerprint density at radius 2 is 2.21 bits per heavy atom. The Labute approximate surface area is 147 Å². The molecular formula is C18H25N3O2S. The van der Waals surface area contributed by atoms with Crippen molar-refractivity contribution < 1.29 is 9.84 Å². The maximum absolute atomic E-state index is 9.86. The third kappa shape index (κ3) is 5.16. The number of likely N-dealkylation sites (N-methyl/N-ethyl adjacent to an activating group) is 1. The summed E-state index contributed by atoms with van der Waals surface area (Å²) >= 11 is 1.78. The van der Waals surface area contributed by atoms with Gasteiger partial charge in [-0.15, -0.1) is 11.3 Å². The van der Waals surface area contributed by atoms with Crippen LogP contribution in [0.2, 0.25) is 0 Å². The Balaban J connectivity index is 1.99. The first-order valence-corrected chi connectivity index (χ1v) is 8.89. The van der Waals surface area contributed by atoms with Gasteiger partial charge in [0.25, 0.3) is 0 Å². The fourth-order valence-electron chi connectivity index (χ4n) is 2.31. The lowest BCUT2D eigenvalue weighted by atomic mass is 10.2. The third-order valence-corrected chi connectivity index (χ3v) is 4.56. The summed E-state index contributed by atoms with van der Waals surface area (Å²) in [5, 5.41) is 15.3. The molecule has 1 heterocycles. The minimum Gasteiger partial charge on any atom is -0.504 e. The summed E-state index contributed by atoms with van der Waals surface area (Å²) in [7, 11) is 3.58. The zero-order chi connectivity index (χ0) is 17.4. The number of hydrogen-bond acceptors (Lipinski definition) is 4. The summed E-state index contributed by atoms with van der Waals surface area (Å²) in [5.74, 6) is 1.48. The van der Waals surface area contributed by atoms with Crippen LogP contribution < -0.4 is 10.1 Å². The van der Waals surface area contributed by atoms with E-state index in [9.17, 15) is 5.11 Å². The molecule has 0 saturated heterocycles. The van der Waals surface area contributed by atoms with Gasteiger partial charge in [-0.05, 0) is 42.5 Å². The highest BCUT2D eigenvalue weighted by Crippen LogP contribution is 2.26. The van der Waals surface area contributed by atoms with Crippen LogP contribution in [0.25, 0.3) is 0 Å². The largest absolute Gasteiger partial charge is 0.504 e. The van der Waals surface area contributed by atoms with Crippen LogP contribution in [0, 0.1) is 0 Å². The molecule has 0 amide bonds. The first-order valence-electron chi connectivity index (χ1n) is 8.01. The topological polar surface area (TPSA) is 57.1 Å². The molecule has 24 heavy (non-hydrogen) atoms. The van der Waals surface area contributed by atoms with Crippen molar-refractivity contribution in [3.63, 3.8) is 0 Å². The number of hydrogen-bond donors (Lipinski definition) is 2. The van der Waals surface area contributed by atoms with Crippen LogP contribution in [-0.2, 0) is 13.0 Å². The maximum Gasteiger partial charge on any atom is 0.193 e. The molecule has 0 aliphatic heterocycles. The molecule has 6 heteroatoms. The summed E-state index contributed by atoms with van der Waals surface area (Å²) in [5.41, 5.74) is 0.940. The molecule has 0 spiro atoms. The number of guanidine groups is 1. The number of aliphatic imine (C=N–C) groups is 1. The van der Waals surface area contributed by atoms with Crippen LogP contribution in [0.15, 0.2) is 40.7 Å². The number of phenolic OH excluding ortho intramolecular Hbond substituents is 1. The molecule has 0 fully saturated rings. The van der Waals surface area contributed by atoms with E-state index in [4.69, 9.17) is 4.74 Å². The van der Waals surface area contributed by atoms with E-state index in [-0.39, 0.29) is 5.75 Å². The quantitative estimate of drug-likeness (QED) is 0.597. The van der Waals surface area contributed by atoms with Crippen molar-refractivity contribution >= 4 is 17.3 Å². The van der Waals surface area contributed by atoms with Crippen LogP contribution in [0.5, 0.6) is 11.5 Å². The molecule has 0 unspecified atom stereocenters. The Bertz CT molecular complexity index is 656. The molecule has 1 aromatic heterocycles. The van der Waals surface area contributed by atoms with Crippen molar-refractivity contribution in [3.8, 4) is 11.5 Å². The van der Waals surface area contributed by atoms with E-state index in [0.29, 0.717) is 12.3 Å². The molecule has 2 N–H and O–H groups in total. The van der Waals surface area contributed by atoms with Gasteiger partial charge in [0.2, 0.25) is 0 Å². The van der Waals surface area contributed by atoms with E-state index in [1.165, 1.54) is 4.88 Å². The van der Waals surface area contributed by atoms with E-state index in [0.717, 1.165) is 31.0 Å². The van der Waals surface area contributed by atoms with E-state index < -0.39 is 0 Å². The summed E-state index contributed by atoms with van der Waals surface area (Å²) < 4.78 is 5.06. The zero-order valence-corrected chi connectivity index (χ0v) is 15.3. The summed E-state index contributed by atoms with van der Waals surface area (Å²) in [6.45, 7) is 4.28. The van der Waals surface area contributed by atoms with Gasteiger partial charge in [-0.25, -0.2) is 4.99 Å². The highest BCUT2D eigenvalue weighted by molar-refractivity contribution is 7.09. The van der Waals surface area contributed by atoms with Gasteiger partial charge in [-0.3, -0.25) is 0 Å². The van der Waals surface area contributed by atoms with Gasteiger partial charge in [0, 0.05) is 25.0 Å². The van der Waals surface area contributed by atoms with E-state index >= 15 is 0 Å². The number of phenols is 1. The molecular weight excluding hydrogens is 322 g/mol. The molecule has 1 aromatic carbocycles. The number of nitrogens with zero attached hydrogens (tertiary/aromatic N) is 2. The van der Waals surface area contributed by atoms with Gasteiger partial charge in [0.05, 0.1) is 13.7 Å². The van der Waals surface area contributed by atoms with Gasteiger partial charge < -0.3 is 20.1 Å². The van der Waals surface area contributed by atoms with Crippen molar-refractivity contribution in [1.82, 2.24) is 10.2 Å². The SMILES string of the molecule is CCNC(=NCc1ccc(OC)c(O)c1)N(C)CCc1cccs1. The minimum absolute atomic E-state index is 0.140. The third-order valence-electron chi connectivity index (χ3n) is 3.62. The molecule has 2 rings (SSSR count). The highest BCUT2D eigenvalue weighted by atomic mass is 32.1. The fourth-order valence-corrected chi connectivity index (χ4v) is 3.01. The monoisotopic (exact) mass is 347 g/mol. The second-order valence-electron chi connectivity index (χ2n) is 5.43. The van der Waals surface area contributed by atoms with Gasteiger partial charge in [0.1, 0.15) is 0 Å². The molecule has 0 saturated carbocycles. The molecule has 130 valence electrons. The van der Waals surface area contributed by atoms with Gasteiger partial charge >= 0.3 is 0 Å². The maximum atomic E-state index is 9.86. The predicted molar refractivity (Wildman–Crippen MR) is 100 cm³/mol. The van der Waals surface area contributed by atoms with Crippen molar-refractivity contribution in [2.24, 2.45) is 4.99 Å². The highest BCUT2D eigenvalue weighted by Gasteiger charge is 2.07. The average molecular weight is 347 g/mol. The summed E-state index contributed by atoms with van der Waals surface area (Å²) in [6.07, 6.45) is 1.00. The lowest BCUT2D eigenvalue weighted by molar-refractivity contribution is 0.373. The van der Waals surface area contributed by atoms with Crippen LogP contribution in [0.3, 0.4) is 0 Å². The first kappa shape index (κ1) is 18.1. The first-order chi connectivity index (χ1) is 11.6. The lowest BCUT2D eigenvalue weighted by Crippen LogP contribution is -2.39. The zero-order valence-electron chi connectivity index (χ0n) is 14.5. The van der Waals surface area contributed by atoms with E-state index in [2.05, 4.69) is 39.6 Å². The number of aromatic hydroxyl groups is 1. The smallest absolute Gasteiger partial charge is 0.193 e. The number of rotatable bonds is 7.